The van der Waals surface area contributed by atoms with E-state index in [0.29, 0.717) is 16.9 Å². The van der Waals surface area contributed by atoms with E-state index < -0.39 is 11.5 Å². The smallest absolute Gasteiger partial charge is 0.267 e. The highest BCUT2D eigenvalue weighted by molar-refractivity contribution is 6.00. The molecule has 9 nitrogen and oxygen atoms in total. The molecule has 0 unspecified atom stereocenters. The van der Waals surface area contributed by atoms with Crippen LogP contribution in [0.2, 0.25) is 0 Å². The van der Waals surface area contributed by atoms with E-state index in [-0.39, 0.29) is 5.52 Å². The van der Waals surface area contributed by atoms with E-state index in [2.05, 4.69) is 25.7 Å². The lowest BCUT2D eigenvalue weighted by Gasteiger charge is -2.08. The summed E-state index contributed by atoms with van der Waals surface area (Å²) in [6.07, 6.45) is 2.76. The van der Waals surface area contributed by atoms with Crippen LogP contribution in [0.25, 0.3) is 16.8 Å². The first-order valence-electron chi connectivity index (χ1n) is 6.68. The molecular formula is C14H9N7O2. The third-order valence-corrected chi connectivity index (χ3v) is 3.30. The summed E-state index contributed by atoms with van der Waals surface area (Å²) in [7, 11) is 0. The van der Waals surface area contributed by atoms with Gasteiger partial charge in [-0.1, -0.05) is 18.2 Å². The van der Waals surface area contributed by atoms with E-state index >= 15 is 0 Å². The summed E-state index contributed by atoms with van der Waals surface area (Å²) < 4.78 is 2.47. The first-order chi connectivity index (χ1) is 11.2. The second kappa shape index (κ2) is 4.98. The van der Waals surface area contributed by atoms with Crippen molar-refractivity contribution < 1.29 is 4.79 Å². The van der Waals surface area contributed by atoms with Gasteiger partial charge in [0.25, 0.3) is 17.2 Å². The molecule has 23 heavy (non-hydrogen) atoms. The van der Waals surface area contributed by atoms with Gasteiger partial charge in [0, 0.05) is 11.8 Å². The van der Waals surface area contributed by atoms with Crippen molar-refractivity contribution in [1.29, 1.82) is 0 Å². The molecule has 3 aromatic heterocycles. The number of amides is 1. The topological polar surface area (TPSA) is 107 Å². The SMILES string of the molecule is O=C(Nn1ccc2c(nnc3ncnn32)c1=O)c1ccccc1. The van der Waals surface area contributed by atoms with Crippen molar-refractivity contribution in [2.45, 2.75) is 0 Å². The van der Waals surface area contributed by atoms with Gasteiger partial charge in [0.15, 0.2) is 5.52 Å². The molecule has 0 spiro atoms. The maximum Gasteiger partial charge on any atom is 0.299 e. The van der Waals surface area contributed by atoms with Crippen molar-refractivity contribution in [1.82, 2.24) is 29.5 Å². The van der Waals surface area contributed by atoms with Crippen molar-refractivity contribution in [3.8, 4) is 0 Å². The Labute approximate surface area is 128 Å². The van der Waals surface area contributed by atoms with Crippen LogP contribution in [-0.2, 0) is 0 Å². The average molecular weight is 307 g/mol. The van der Waals surface area contributed by atoms with Gasteiger partial charge < -0.3 is 0 Å². The highest BCUT2D eigenvalue weighted by Gasteiger charge is 2.12. The minimum absolute atomic E-state index is 0.0823. The van der Waals surface area contributed by atoms with Crippen molar-refractivity contribution in [2.24, 2.45) is 0 Å². The van der Waals surface area contributed by atoms with Crippen LogP contribution < -0.4 is 11.0 Å². The quantitative estimate of drug-likeness (QED) is 0.567. The van der Waals surface area contributed by atoms with Gasteiger partial charge in [-0.15, -0.1) is 10.2 Å². The third-order valence-electron chi connectivity index (χ3n) is 3.30. The van der Waals surface area contributed by atoms with E-state index in [0.717, 1.165) is 4.68 Å². The maximum atomic E-state index is 12.4. The lowest BCUT2D eigenvalue weighted by atomic mass is 10.2. The van der Waals surface area contributed by atoms with Crippen LogP contribution in [0.3, 0.4) is 0 Å². The van der Waals surface area contributed by atoms with Gasteiger partial charge in [0.05, 0.1) is 0 Å². The predicted octanol–water partition coefficient (Wildman–Crippen LogP) is 0.218. The van der Waals surface area contributed by atoms with Crippen LogP contribution in [-0.4, -0.2) is 35.4 Å². The van der Waals surface area contributed by atoms with Crippen LogP contribution in [0.1, 0.15) is 10.4 Å². The molecule has 1 aromatic carbocycles. The Morgan fingerprint density at radius 1 is 1.09 bits per heavy atom. The summed E-state index contributed by atoms with van der Waals surface area (Å²) in [5, 5.41) is 11.7. The number of rotatable bonds is 2. The fourth-order valence-electron chi connectivity index (χ4n) is 2.20. The highest BCUT2D eigenvalue weighted by Crippen LogP contribution is 2.06. The predicted molar refractivity (Wildman–Crippen MR) is 80.5 cm³/mol. The van der Waals surface area contributed by atoms with Gasteiger partial charge in [0.2, 0.25) is 0 Å². The molecule has 0 fully saturated rings. The molecule has 0 radical (unpaired) electrons. The number of carbonyl (C=O) groups is 1. The van der Waals surface area contributed by atoms with E-state index in [9.17, 15) is 9.59 Å². The van der Waals surface area contributed by atoms with Crippen molar-refractivity contribution in [2.75, 3.05) is 5.43 Å². The van der Waals surface area contributed by atoms with Crippen LogP contribution in [0.15, 0.2) is 53.7 Å². The fraction of sp³-hybridized carbons (Fsp3) is 0. The van der Waals surface area contributed by atoms with Gasteiger partial charge >= 0.3 is 0 Å². The molecule has 4 aromatic rings. The molecular weight excluding hydrogens is 298 g/mol. The standard InChI is InChI=1S/C14H9N7O2/c22-12(9-4-2-1-3-5-9)19-20-7-6-10-11(13(20)23)17-18-14-15-8-16-21(10)14/h1-8H,(H,19,22). The van der Waals surface area contributed by atoms with Crippen LogP contribution in [0.4, 0.5) is 0 Å². The molecule has 112 valence electrons. The van der Waals surface area contributed by atoms with Crippen LogP contribution >= 0.6 is 0 Å². The summed E-state index contributed by atoms with van der Waals surface area (Å²) in [5.74, 6) is -0.107. The van der Waals surface area contributed by atoms with Gasteiger partial charge in [0.1, 0.15) is 11.8 Å². The molecule has 0 saturated carbocycles. The van der Waals surface area contributed by atoms with Gasteiger partial charge in [-0.25, -0.2) is 4.68 Å². The zero-order valence-corrected chi connectivity index (χ0v) is 11.6. The van der Waals surface area contributed by atoms with E-state index in [4.69, 9.17) is 0 Å². The second-order valence-electron chi connectivity index (χ2n) is 4.70. The Hall–Kier alpha value is -3.62. The van der Waals surface area contributed by atoms with E-state index in [1.807, 2.05) is 0 Å². The molecule has 3 heterocycles. The fourth-order valence-corrected chi connectivity index (χ4v) is 2.20. The summed E-state index contributed by atoms with van der Waals surface area (Å²) in [4.78, 5) is 28.5. The van der Waals surface area contributed by atoms with Crippen molar-refractivity contribution in [3.05, 3.63) is 64.8 Å². The molecule has 0 bridgehead atoms. The summed E-state index contributed by atoms with van der Waals surface area (Å²) >= 11 is 0. The van der Waals surface area contributed by atoms with Gasteiger partial charge in [-0.3, -0.25) is 15.0 Å². The minimum atomic E-state index is -0.503. The summed E-state index contributed by atoms with van der Waals surface area (Å²) in [5.41, 5.74) is 2.99. The van der Waals surface area contributed by atoms with Crippen molar-refractivity contribution >= 4 is 22.7 Å². The Balaban J connectivity index is 1.79. The Morgan fingerprint density at radius 2 is 1.91 bits per heavy atom. The number of nitrogens with one attached hydrogen (secondary N) is 1. The normalized spacial score (nSPS) is 11.0. The van der Waals surface area contributed by atoms with Crippen LogP contribution in [0.5, 0.6) is 0 Å². The number of hydrogen-bond donors (Lipinski definition) is 1. The Morgan fingerprint density at radius 3 is 2.74 bits per heavy atom. The number of benzene rings is 1. The first kappa shape index (κ1) is 13.1. The molecule has 0 aliphatic rings. The molecule has 1 N–H and O–H groups in total. The van der Waals surface area contributed by atoms with Crippen molar-refractivity contribution in [3.63, 3.8) is 0 Å². The Kier molecular flexibility index (Phi) is 2.83. The average Bonchev–Trinajstić information content (AvgIpc) is 3.07. The number of aromatic nitrogens is 6. The number of hydrogen-bond acceptors (Lipinski definition) is 6. The molecule has 0 aliphatic heterocycles. The zero-order chi connectivity index (χ0) is 15.8. The maximum absolute atomic E-state index is 12.4. The Bertz CT molecular complexity index is 1080. The number of fused-ring (bicyclic) bond motifs is 3. The number of carbonyl (C=O) groups excluding carboxylic acids is 1. The molecule has 4 rings (SSSR count). The minimum Gasteiger partial charge on any atom is -0.267 e. The molecule has 0 atom stereocenters. The highest BCUT2D eigenvalue weighted by atomic mass is 16.2. The third kappa shape index (κ3) is 2.11. The molecule has 0 saturated heterocycles. The first-order valence-corrected chi connectivity index (χ1v) is 6.68. The number of nitrogens with zero attached hydrogens (tertiary/aromatic N) is 6. The molecule has 9 heteroatoms. The largest absolute Gasteiger partial charge is 0.299 e. The second-order valence-corrected chi connectivity index (χ2v) is 4.70. The van der Waals surface area contributed by atoms with Gasteiger partial charge in [-0.2, -0.15) is 14.6 Å². The molecule has 0 aliphatic carbocycles. The lowest BCUT2D eigenvalue weighted by Crippen LogP contribution is -2.33. The van der Waals surface area contributed by atoms with E-state index in [1.54, 1.807) is 36.4 Å². The van der Waals surface area contributed by atoms with Crippen LogP contribution in [0, 0.1) is 0 Å². The zero-order valence-electron chi connectivity index (χ0n) is 11.6. The molecule has 1 amide bonds. The number of pyridine rings is 1. The van der Waals surface area contributed by atoms with E-state index in [1.165, 1.54) is 17.0 Å². The monoisotopic (exact) mass is 307 g/mol. The van der Waals surface area contributed by atoms with Gasteiger partial charge in [-0.05, 0) is 18.2 Å². The summed E-state index contributed by atoms with van der Waals surface area (Å²) in [6.45, 7) is 0. The lowest BCUT2D eigenvalue weighted by molar-refractivity contribution is 0.101. The summed E-state index contributed by atoms with van der Waals surface area (Å²) in [6, 6.07) is 10.2.